The molecule has 0 aliphatic heterocycles. The molecule has 1 fully saturated rings. The van der Waals surface area contributed by atoms with Crippen molar-refractivity contribution in [3.05, 3.63) is 23.4 Å². The lowest BCUT2D eigenvalue weighted by Gasteiger charge is -2.27. The topological polar surface area (TPSA) is 22.1 Å². The van der Waals surface area contributed by atoms with Crippen LogP contribution in [-0.4, -0.2) is 11.1 Å². The maximum absolute atomic E-state index is 5.91. The van der Waals surface area contributed by atoms with Crippen LogP contribution in [0.5, 0.6) is 5.88 Å². The Bertz CT molecular complexity index is 342. The summed E-state index contributed by atoms with van der Waals surface area (Å²) in [4.78, 5) is 4.49. The van der Waals surface area contributed by atoms with E-state index in [-0.39, 0.29) is 0 Å². The van der Waals surface area contributed by atoms with Gasteiger partial charge in [-0.05, 0) is 38.2 Å². The van der Waals surface area contributed by atoms with Crippen LogP contribution in [0.3, 0.4) is 0 Å². The van der Waals surface area contributed by atoms with Gasteiger partial charge in [0.05, 0.1) is 0 Å². The van der Waals surface area contributed by atoms with Gasteiger partial charge in [0.15, 0.2) is 0 Å². The second-order valence-corrected chi connectivity index (χ2v) is 4.67. The van der Waals surface area contributed by atoms with E-state index >= 15 is 0 Å². The van der Waals surface area contributed by atoms with Gasteiger partial charge >= 0.3 is 0 Å². The first-order valence-electron chi connectivity index (χ1n) is 5.81. The molecule has 0 aromatic carbocycles. The predicted molar refractivity (Wildman–Crippen MR) is 61.3 cm³/mol. The van der Waals surface area contributed by atoms with Gasteiger partial charge < -0.3 is 4.74 Å². The number of hydrogen-bond acceptors (Lipinski definition) is 2. The lowest BCUT2D eigenvalue weighted by Crippen LogP contribution is -2.25. The minimum atomic E-state index is 0.414. The van der Waals surface area contributed by atoms with E-state index in [1.54, 1.807) is 0 Å². The number of nitrogens with zero attached hydrogens (tertiary/aromatic N) is 1. The molecule has 0 atom stereocenters. The van der Waals surface area contributed by atoms with Gasteiger partial charge in [-0.1, -0.05) is 19.9 Å². The molecular formula is C13H19NO. The van der Waals surface area contributed by atoms with Crippen LogP contribution in [0.4, 0.5) is 0 Å². The van der Waals surface area contributed by atoms with Gasteiger partial charge in [0.25, 0.3) is 0 Å². The molecule has 1 saturated carbocycles. The van der Waals surface area contributed by atoms with E-state index in [9.17, 15) is 0 Å². The van der Waals surface area contributed by atoms with E-state index in [1.807, 2.05) is 6.92 Å². The van der Waals surface area contributed by atoms with Crippen molar-refractivity contribution in [2.45, 2.75) is 52.1 Å². The van der Waals surface area contributed by atoms with Crippen LogP contribution in [0, 0.1) is 6.92 Å². The van der Waals surface area contributed by atoms with Crippen LogP contribution in [0.1, 0.15) is 50.3 Å². The Kier molecular flexibility index (Phi) is 2.94. The first-order valence-corrected chi connectivity index (χ1v) is 5.81. The first-order chi connectivity index (χ1) is 7.16. The number of aryl methyl sites for hydroxylation is 1. The summed E-state index contributed by atoms with van der Waals surface area (Å²) in [5.74, 6) is 1.34. The van der Waals surface area contributed by atoms with Crippen LogP contribution in [0.2, 0.25) is 0 Å². The van der Waals surface area contributed by atoms with Crippen molar-refractivity contribution in [2.24, 2.45) is 0 Å². The third-order valence-corrected chi connectivity index (χ3v) is 2.98. The Morgan fingerprint density at radius 2 is 2.07 bits per heavy atom. The molecule has 2 heteroatoms. The highest BCUT2D eigenvalue weighted by Crippen LogP contribution is 2.29. The lowest BCUT2D eigenvalue weighted by atomic mass is 9.96. The number of hydrogen-bond donors (Lipinski definition) is 0. The molecule has 82 valence electrons. The highest BCUT2D eigenvalue weighted by atomic mass is 16.5. The van der Waals surface area contributed by atoms with Crippen LogP contribution < -0.4 is 4.74 Å². The monoisotopic (exact) mass is 205 g/mol. The molecule has 1 aromatic rings. The van der Waals surface area contributed by atoms with Gasteiger partial charge in [0.1, 0.15) is 6.10 Å². The van der Waals surface area contributed by atoms with Crippen molar-refractivity contribution in [1.82, 2.24) is 4.98 Å². The molecule has 0 spiro atoms. The van der Waals surface area contributed by atoms with E-state index in [0.29, 0.717) is 12.0 Å². The first kappa shape index (κ1) is 10.5. The Labute approximate surface area is 91.7 Å². The molecule has 0 unspecified atom stereocenters. The maximum Gasteiger partial charge on any atom is 0.217 e. The number of aromatic nitrogens is 1. The standard InChI is InChI=1S/C13H19NO/c1-9(2)12-8-7-10(3)14-13(12)15-11-5-4-6-11/h7-9,11H,4-6H2,1-3H3. The fourth-order valence-electron chi connectivity index (χ4n) is 1.72. The Morgan fingerprint density at radius 1 is 1.33 bits per heavy atom. The molecule has 1 aromatic heterocycles. The minimum Gasteiger partial charge on any atom is -0.474 e. The highest BCUT2D eigenvalue weighted by Gasteiger charge is 2.21. The summed E-state index contributed by atoms with van der Waals surface area (Å²) < 4.78 is 5.91. The maximum atomic E-state index is 5.91. The van der Waals surface area contributed by atoms with Gasteiger partial charge in [-0.15, -0.1) is 0 Å². The molecule has 2 rings (SSSR count). The molecule has 0 radical (unpaired) electrons. The molecule has 2 nitrogen and oxygen atoms in total. The highest BCUT2D eigenvalue weighted by molar-refractivity contribution is 5.31. The van der Waals surface area contributed by atoms with E-state index in [4.69, 9.17) is 4.74 Å². The summed E-state index contributed by atoms with van der Waals surface area (Å²) in [5.41, 5.74) is 2.27. The molecule has 1 aliphatic rings. The van der Waals surface area contributed by atoms with Crippen LogP contribution in [-0.2, 0) is 0 Å². The molecular weight excluding hydrogens is 186 g/mol. The van der Waals surface area contributed by atoms with Gasteiger partial charge in [-0.2, -0.15) is 0 Å². The van der Waals surface area contributed by atoms with E-state index < -0.39 is 0 Å². The summed E-state index contributed by atoms with van der Waals surface area (Å²) in [6, 6.07) is 4.20. The van der Waals surface area contributed by atoms with E-state index in [0.717, 1.165) is 11.6 Å². The summed E-state index contributed by atoms with van der Waals surface area (Å²) >= 11 is 0. The van der Waals surface area contributed by atoms with Crippen molar-refractivity contribution < 1.29 is 4.74 Å². The molecule has 0 saturated heterocycles. The Hall–Kier alpha value is -1.05. The number of rotatable bonds is 3. The third-order valence-electron chi connectivity index (χ3n) is 2.98. The molecule has 0 amide bonds. The second kappa shape index (κ2) is 4.21. The Morgan fingerprint density at radius 3 is 2.60 bits per heavy atom. The summed E-state index contributed by atoms with van der Waals surface area (Å²) in [6.45, 7) is 6.37. The zero-order chi connectivity index (χ0) is 10.8. The fraction of sp³-hybridized carbons (Fsp3) is 0.615. The summed E-state index contributed by atoms with van der Waals surface area (Å²) in [5, 5.41) is 0. The number of pyridine rings is 1. The van der Waals surface area contributed by atoms with Gasteiger partial charge in [0.2, 0.25) is 5.88 Å². The molecule has 1 heterocycles. The van der Waals surface area contributed by atoms with Gasteiger partial charge in [-0.3, -0.25) is 0 Å². The summed E-state index contributed by atoms with van der Waals surface area (Å²) in [6.07, 6.45) is 4.09. The van der Waals surface area contributed by atoms with Crippen LogP contribution in [0.15, 0.2) is 12.1 Å². The predicted octanol–water partition coefficient (Wildman–Crippen LogP) is 3.44. The SMILES string of the molecule is Cc1ccc(C(C)C)c(OC2CCC2)n1. The fourth-order valence-corrected chi connectivity index (χ4v) is 1.72. The molecule has 1 aliphatic carbocycles. The molecule has 0 bridgehead atoms. The van der Waals surface area contributed by atoms with Crippen molar-refractivity contribution >= 4 is 0 Å². The van der Waals surface area contributed by atoms with Crippen LogP contribution >= 0.6 is 0 Å². The average molecular weight is 205 g/mol. The zero-order valence-electron chi connectivity index (χ0n) is 9.79. The van der Waals surface area contributed by atoms with Gasteiger partial charge in [0, 0.05) is 11.3 Å². The lowest BCUT2D eigenvalue weighted by molar-refractivity contribution is 0.113. The quantitative estimate of drug-likeness (QED) is 0.754. The number of ether oxygens (including phenoxy) is 1. The second-order valence-electron chi connectivity index (χ2n) is 4.67. The zero-order valence-corrected chi connectivity index (χ0v) is 9.79. The van der Waals surface area contributed by atoms with Crippen molar-refractivity contribution in [3.63, 3.8) is 0 Å². The average Bonchev–Trinajstić information content (AvgIpc) is 2.11. The minimum absolute atomic E-state index is 0.414. The van der Waals surface area contributed by atoms with Crippen LogP contribution in [0.25, 0.3) is 0 Å². The van der Waals surface area contributed by atoms with Gasteiger partial charge in [-0.25, -0.2) is 4.98 Å². The normalized spacial score (nSPS) is 16.5. The largest absolute Gasteiger partial charge is 0.474 e. The van der Waals surface area contributed by atoms with E-state index in [2.05, 4.69) is 31.0 Å². The van der Waals surface area contributed by atoms with Crippen molar-refractivity contribution in [1.29, 1.82) is 0 Å². The summed E-state index contributed by atoms with van der Waals surface area (Å²) in [7, 11) is 0. The Balaban J connectivity index is 2.21. The van der Waals surface area contributed by atoms with E-state index in [1.165, 1.54) is 24.8 Å². The molecule has 15 heavy (non-hydrogen) atoms. The van der Waals surface area contributed by atoms with Crippen molar-refractivity contribution in [2.75, 3.05) is 0 Å². The third kappa shape index (κ3) is 2.31. The smallest absolute Gasteiger partial charge is 0.217 e. The molecule has 0 N–H and O–H groups in total. The van der Waals surface area contributed by atoms with Crippen molar-refractivity contribution in [3.8, 4) is 5.88 Å².